The van der Waals surface area contributed by atoms with Crippen LogP contribution in [0.3, 0.4) is 0 Å². The van der Waals surface area contributed by atoms with Crippen molar-refractivity contribution in [2.24, 2.45) is 4.99 Å². The Kier molecular flexibility index (Phi) is 3.74. The van der Waals surface area contributed by atoms with Gasteiger partial charge in [0.25, 0.3) is 0 Å². The number of hydrogen-bond donors (Lipinski definition) is 0. The summed E-state index contributed by atoms with van der Waals surface area (Å²) in [5, 5.41) is 0. The van der Waals surface area contributed by atoms with Crippen LogP contribution < -0.4 is 4.90 Å². The third kappa shape index (κ3) is 2.39. The van der Waals surface area contributed by atoms with Crippen molar-refractivity contribution in [2.45, 2.75) is 6.92 Å². The standard InChI is InChI=1S/C18H16N2O2/c1-13(21)20-16-11-7-6-10-15(16)18(22-2)19-12-17(20)14-8-4-3-5-9-14/h3-12H,1-2H3. The lowest BCUT2D eigenvalue weighted by molar-refractivity contribution is -0.115. The predicted molar refractivity (Wildman–Crippen MR) is 87.6 cm³/mol. The van der Waals surface area contributed by atoms with Crippen LogP contribution in [0.25, 0.3) is 5.70 Å². The van der Waals surface area contributed by atoms with Crippen LogP contribution >= 0.6 is 0 Å². The summed E-state index contributed by atoms with van der Waals surface area (Å²) in [7, 11) is 1.58. The van der Waals surface area contributed by atoms with Crippen LogP contribution in [-0.4, -0.2) is 18.9 Å². The summed E-state index contributed by atoms with van der Waals surface area (Å²) in [6, 6.07) is 17.3. The lowest BCUT2D eigenvalue weighted by Crippen LogP contribution is -2.27. The molecule has 4 nitrogen and oxygen atoms in total. The fourth-order valence-electron chi connectivity index (χ4n) is 2.54. The van der Waals surface area contributed by atoms with Gasteiger partial charge in [-0.15, -0.1) is 0 Å². The third-order valence-corrected chi connectivity index (χ3v) is 3.50. The Labute approximate surface area is 129 Å². The molecule has 0 aromatic heterocycles. The van der Waals surface area contributed by atoms with E-state index in [0.717, 1.165) is 22.5 Å². The average Bonchev–Trinajstić information content (AvgIpc) is 2.72. The molecule has 0 saturated heterocycles. The van der Waals surface area contributed by atoms with Crippen LogP contribution in [0.15, 0.2) is 65.8 Å². The van der Waals surface area contributed by atoms with Crippen molar-refractivity contribution in [3.8, 4) is 0 Å². The molecule has 0 spiro atoms. The van der Waals surface area contributed by atoms with E-state index in [1.54, 1.807) is 25.1 Å². The number of benzene rings is 2. The second-order valence-corrected chi connectivity index (χ2v) is 4.89. The van der Waals surface area contributed by atoms with Gasteiger partial charge in [0.2, 0.25) is 11.8 Å². The fourth-order valence-corrected chi connectivity index (χ4v) is 2.54. The molecule has 2 aromatic carbocycles. The van der Waals surface area contributed by atoms with Crippen molar-refractivity contribution in [1.82, 2.24) is 0 Å². The van der Waals surface area contributed by atoms with Gasteiger partial charge in [0, 0.05) is 12.5 Å². The molecule has 0 radical (unpaired) electrons. The topological polar surface area (TPSA) is 41.9 Å². The Bertz CT molecular complexity index is 764. The van der Waals surface area contributed by atoms with E-state index in [1.165, 1.54) is 0 Å². The van der Waals surface area contributed by atoms with E-state index in [-0.39, 0.29) is 5.91 Å². The van der Waals surface area contributed by atoms with Crippen LogP contribution in [0.5, 0.6) is 0 Å². The molecule has 22 heavy (non-hydrogen) atoms. The van der Waals surface area contributed by atoms with Gasteiger partial charge in [-0.05, 0) is 12.1 Å². The molecular weight excluding hydrogens is 276 g/mol. The summed E-state index contributed by atoms with van der Waals surface area (Å²) in [6.45, 7) is 1.55. The molecule has 110 valence electrons. The largest absolute Gasteiger partial charge is 0.481 e. The summed E-state index contributed by atoms with van der Waals surface area (Å²) >= 11 is 0. The first kappa shape index (κ1) is 14.1. The van der Waals surface area contributed by atoms with Gasteiger partial charge in [-0.25, -0.2) is 4.99 Å². The van der Waals surface area contributed by atoms with Crippen LogP contribution in [0.4, 0.5) is 5.69 Å². The molecule has 0 bridgehead atoms. The van der Waals surface area contributed by atoms with Crippen molar-refractivity contribution in [2.75, 3.05) is 12.0 Å². The van der Waals surface area contributed by atoms with E-state index >= 15 is 0 Å². The van der Waals surface area contributed by atoms with Gasteiger partial charge in [-0.3, -0.25) is 9.69 Å². The van der Waals surface area contributed by atoms with Crippen molar-refractivity contribution in [1.29, 1.82) is 0 Å². The van der Waals surface area contributed by atoms with Crippen LogP contribution in [0, 0.1) is 0 Å². The molecule has 0 fully saturated rings. The molecule has 0 saturated carbocycles. The molecule has 4 heteroatoms. The second-order valence-electron chi connectivity index (χ2n) is 4.89. The van der Waals surface area contributed by atoms with E-state index in [0.29, 0.717) is 5.90 Å². The summed E-state index contributed by atoms with van der Waals surface area (Å²) in [6.07, 6.45) is 1.68. The number of rotatable bonds is 1. The SMILES string of the molecule is COC1=NC=C(c2ccccc2)N(C(C)=O)c2ccccc21. The zero-order chi connectivity index (χ0) is 15.5. The maximum atomic E-state index is 12.3. The first-order valence-electron chi connectivity index (χ1n) is 7.00. The quantitative estimate of drug-likeness (QED) is 0.808. The average molecular weight is 292 g/mol. The van der Waals surface area contributed by atoms with Gasteiger partial charge in [0.15, 0.2) is 0 Å². The second kappa shape index (κ2) is 5.85. The highest BCUT2D eigenvalue weighted by Gasteiger charge is 2.25. The van der Waals surface area contributed by atoms with E-state index in [2.05, 4.69) is 4.99 Å². The number of ether oxygens (including phenoxy) is 1. The molecule has 0 N–H and O–H groups in total. The maximum Gasteiger partial charge on any atom is 0.228 e. The Morgan fingerprint density at radius 1 is 1.05 bits per heavy atom. The number of nitrogens with zero attached hydrogens (tertiary/aromatic N) is 2. The number of hydrogen-bond acceptors (Lipinski definition) is 3. The van der Waals surface area contributed by atoms with E-state index in [4.69, 9.17) is 4.74 Å². The Hall–Kier alpha value is -2.88. The van der Waals surface area contributed by atoms with Crippen molar-refractivity contribution in [3.05, 3.63) is 71.9 Å². The smallest absolute Gasteiger partial charge is 0.228 e. The zero-order valence-electron chi connectivity index (χ0n) is 12.5. The van der Waals surface area contributed by atoms with Crippen molar-refractivity contribution >= 4 is 23.2 Å². The lowest BCUT2D eigenvalue weighted by Gasteiger charge is -2.24. The Morgan fingerprint density at radius 3 is 2.41 bits per heavy atom. The van der Waals surface area contributed by atoms with Crippen molar-refractivity contribution < 1.29 is 9.53 Å². The molecule has 0 atom stereocenters. The van der Waals surface area contributed by atoms with Gasteiger partial charge in [0.05, 0.1) is 30.3 Å². The fraction of sp³-hybridized carbons (Fsp3) is 0.111. The minimum absolute atomic E-state index is 0.0740. The molecule has 2 aromatic rings. The molecule has 0 aliphatic carbocycles. The molecule has 1 aliphatic heterocycles. The summed E-state index contributed by atoms with van der Waals surface area (Å²) in [5.74, 6) is 0.419. The molecule has 1 amide bonds. The molecular formula is C18H16N2O2. The number of aliphatic imine (C=N–C) groups is 1. The van der Waals surface area contributed by atoms with Crippen LogP contribution in [0.2, 0.25) is 0 Å². The van der Waals surface area contributed by atoms with E-state index < -0.39 is 0 Å². The minimum Gasteiger partial charge on any atom is -0.481 e. The number of fused-ring (bicyclic) bond motifs is 1. The number of amides is 1. The molecule has 1 aliphatic rings. The van der Waals surface area contributed by atoms with Crippen LogP contribution in [-0.2, 0) is 9.53 Å². The minimum atomic E-state index is -0.0740. The Balaban J connectivity index is 2.24. The van der Waals surface area contributed by atoms with Crippen molar-refractivity contribution in [3.63, 3.8) is 0 Å². The zero-order valence-corrected chi connectivity index (χ0v) is 12.5. The summed E-state index contributed by atoms with van der Waals surface area (Å²) in [5.41, 5.74) is 3.21. The van der Waals surface area contributed by atoms with Gasteiger partial charge in [-0.2, -0.15) is 0 Å². The lowest BCUT2D eigenvalue weighted by atomic mass is 10.1. The number of anilines is 1. The highest BCUT2D eigenvalue weighted by atomic mass is 16.5. The highest BCUT2D eigenvalue weighted by molar-refractivity contribution is 6.12. The predicted octanol–water partition coefficient (Wildman–Crippen LogP) is 3.44. The normalized spacial score (nSPS) is 13.6. The van der Waals surface area contributed by atoms with E-state index in [1.807, 2.05) is 54.6 Å². The van der Waals surface area contributed by atoms with Gasteiger partial charge < -0.3 is 4.74 Å². The molecule has 3 rings (SSSR count). The van der Waals surface area contributed by atoms with Gasteiger partial charge >= 0.3 is 0 Å². The first-order valence-corrected chi connectivity index (χ1v) is 7.00. The highest BCUT2D eigenvalue weighted by Crippen LogP contribution is 2.32. The first-order chi connectivity index (χ1) is 10.7. The summed E-state index contributed by atoms with van der Waals surface area (Å²) < 4.78 is 5.38. The third-order valence-electron chi connectivity index (χ3n) is 3.50. The number of carbonyl (C=O) groups excluding carboxylic acids is 1. The molecule has 0 unspecified atom stereocenters. The molecule has 1 heterocycles. The van der Waals surface area contributed by atoms with E-state index in [9.17, 15) is 4.79 Å². The number of carbonyl (C=O) groups is 1. The van der Waals surface area contributed by atoms with Gasteiger partial charge in [0.1, 0.15) is 0 Å². The van der Waals surface area contributed by atoms with Gasteiger partial charge in [-0.1, -0.05) is 42.5 Å². The summed E-state index contributed by atoms with van der Waals surface area (Å²) in [4.78, 5) is 18.4. The monoisotopic (exact) mass is 292 g/mol. The number of methoxy groups -OCH3 is 1. The van der Waals surface area contributed by atoms with Crippen LogP contribution in [0.1, 0.15) is 18.1 Å². The Morgan fingerprint density at radius 2 is 1.73 bits per heavy atom. The number of para-hydroxylation sites is 1. The maximum absolute atomic E-state index is 12.3.